The summed E-state index contributed by atoms with van der Waals surface area (Å²) in [5, 5.41) is 3.51. The zero-order valence-corrected chi connectivity index (χ0v) is 11.6. The monoisotopic (exact) mass is 260 g/mol. The summed E-state index contributed by atoms with van der Waals surface area (Å²) in [5.41, 5.74) is 0. The molecule has 2 fully saturated rings. The number of piperidine rings is 1. The Labute approximate surface area is 115 Å². The third-order valence-corrected chi connectivity index (χ3v) is 4.26. The summed E-state index contributed by atoms with van der Waals surface area (Å²) >= 11 is 0. The van der Waals surface area contributed by atoms with Crippen molar-refractivity contribution < 1.29 is 0 Å². The second kappa shape index (κ2) is 6.35. The molecule has 1 unspecified atom stereocenters. The number of aromatic nitrogens is 1. The number of piperazine rings is 1. The normalized spacial score (nSPS) is 25.5. The summed E-state index contributed by atoms with van der Waals surface area (Å²) in [7, 11) is 0. The fourth-order valence-electron chi connectivity index (χ4n) is 3.15. The van der Waals surface area contributed by atoms with E-state index in [0.29, 0.717) is 0 Å². The summed E-state index contributed by atoms with van der Waals surface area (Å²) in [6.45, 7) is 8.25. The molecule has 2 aliphatic rings. The van der Waals surface area contributed by atoms with Gasteiger partial charge in [-0.25, -0.2) is 4.98 Å². The molecular weight excluding hydrogens is 236 g/mol. The fraction of sp³-hybridized carbons (Fsp3) is 0.667. The van der Waals surface area contributed by atoms with Gasteiger partial charge in [-0.3, -0.25) is 4.90 Å². The zero-order chi connectivity index (χ0) is 12.9. The summed E-state index contributed by atoms with van der Waals surface area (Å²) in [4.78, 5) is 9.46. The van der Waals surface area contributed by atoms with Crippen molar-refractivity contribution in [2.45, 2.75) is 12.8 Å². The number of nitrogens with zero attached hydrogens (tertiary/aromatic N) is 3. The van der Waals surface area contributed by atoms with E-state index >= 15 is 0 Å². The first-order valence-corrected chi connectivity index (χ1v) is 7.51. The van der Waals surface area contributed by atoms with Crippen molar-refractivity contribution in [2.75, 3.05) is 50.7 Å². The van der Waals surface area contributed by atoms with E-state index in [1.165, 1.54) is 45.6 Å². The molecule has 0 saturated carbocycles. The molecule has 3 rings (SSSR count). The number of rotatable bonds is 3. The third kappa shape index (κ3) is 3.45. The summed E-state index contributed by atoms with van der Waals surface area (Å²) < 4.78 is 0. The molecule has 0 radical (unpaired) electrons. The van der Waals surface area contributed by atoms with Gasteiger partial charge in [-0.15, -0.1) is 0 Å². The van der Waals surface area contributed by atoms with E-state index in [-0.39, 0.29) is 0 Å². The first-order chi connectivity index (χ1) is 9.42. The number of hydrogen-bond acceptors (Lipinski definition) is 4. The second-order valence-corrected chi connectivity index (χ2v) is 5.69. The van der Waals surface area contributed by atoms with Gasteiger partial charge >= 0.3 is 0 Å². The van der Waals surface area contributed by atoms with Crippen LogP contribution in [0.3, 0.4) is 0 Å². The number of hydrogen-bond donors (Lipinski definition) is 1. The van der Waals surface area contributed by atoms with Crippen LogP contribution in [-0.4, -0.2) is 55.7 Å². The van der Waals surface area contributed by atoms with Crippen LogP contribution in [0.25, 0.3) is 0 Å². The molecule has 0 aromatic carbocycles. The molecule has 1 aromatic rings. The van der Waals surface area contributed by atoms with Crippen LogP contribution in [0, 0.1) is 5.92 Å². The number of nitrogens with one attached hydrogen (secondary N) is 1. The van der Waals surface area contributed by atoms with Gasteiger partial charge in [0.15, 0.2) is 0 Å². The number of anilines is 1. The Morgan fingerprint density at radius 1 is 1.21 bits per heavy atom. The van der Waals surface area contributed by atoms with Crippen molar-refractivity contribution in [1.82, 2.24) is 15.2 Å². The van der Waals surface area contributed by atoms with Gasteiger partial charge in [0.1, 0.15) is 5.82 Å². The Balaban J connectivity index is 1.46. The molecule has 4 heteroatoms. The lowest BCUT2D eigenvalue weighted by molar-refractivity contribution is 0.198. The van der Waals surface area contributed by atoms with Crippen LogP contribution in [0.2, 0.25) is 0 Å². The molecule has 1 aromatic heterocycles. The van der Waals surface area contributed by atoms with E-state index in [1.54, 1.807) is 0 Å². The molecule has 1 atom stereocenters. The summed E-state index contributed by atoms with van der Waals surface area (Å²) in [5.74, 6) is 1.98. The van der Waals surface area contributed by atoms with Gasteiger partial charge in [-0.2, -0.15) is 0 Å². The van der Waals surface area contributed by atoms with E-state index < -0.39 is 0 Å². The maximum absolute atomic E-state index is 4.44. The molecular formula is C15H24N4. The molecule has 0 spiro atoms. The summed E-state index contributed by atoms with van der Waals surface area (Å²) in [6, 6.07) is 6.17. The van der Waals surface area contributed by atoms with Crippen LogP contribution in [-0.2, 0) is 0 Å². The lowest BCUT2D eigenvalue weighted by Gasteiger charge is -2.37. The molecule has 2 saturated heterocycles. The second-order valence-electron chi connectivity index (χ2n) is 5.69. The molecule has 0 bridgehead atoms. The first-order valence-electron chi connectivity index (χ1n) is 7.51. The topological polar surface area (TPSA) is 31.4 Å². The SMILES string of the molecule is c1ccc(N2CCN(CC3CCCNC3)CC2)nc1. The van der Waals surface area contributed by atoms with Gasteiger partial charge in [-0.1, -0.05) is 6.07 Å². The highest BCUT2D eigenvalue weighted by molar-refractivity contribution is 5.38. The third-order valence-electron chi connectivity index (χ3n) is 4.26. The van der Waals surface area contributed by atoms with Crippen LogP contribution in [0.4, 0.5) is 5.82 Å². The lowest BCUT2D eigenvalue weighted by atomic mass is 9.99. The Morgan fingerprint density at radius 2 is 2.11 bits per heavy atom. The molecule has 4 nitrogen and oxygen atoms in total. The molecule has 1 N–H and O–H groups in total. The van der Waals surface area contributed by atoms with Crippen LogP contribution >= 0.6 is 0 Å². The molecule has 3 heterocycles. The molecule has 19 heavy (non-hydrogen) atoms. The maximum Gasteiger partial charge on any atom is 0.128 e. The van der Waals surface area contributed by atoms with Crippen molar-refractivity contribution in [2.24, 2.45) is 5.92 Å². The minimum atomic E-state index is 0.857. The van der Waals surface area contributed by atoms with Crippen molar-refractivity contribution >= 4 is 5.82 Å². The minimum Gasteiger partial charge on any atom is -0.354 e. The van der Waals surface area contributed by atoms with Crippen LogP contribution in [0.15, 0.2) is 24.4 Å². The van der Waals surface area contributed by atoms with Gasteiger partial charge in [0.05, 0.1) is 0 Å². The van der Waals surface area contributed by atoms with E-state index in [2.05, 4.69) is 32.2 Å². The molecule has 2 aliphatic heterocycles. The van der Waals surface area contributed by atoms with Crippen molar-refractivity contribution in [1.29, 1.82) is 0 Å². The molecule has 104 valence electrons. The fourth-order valence-corrected chi connectivity index (χ4v) is 3.15. The maximum atomic E-state index is 4.44. The van der Waals surface area contributed by atoms with Gasteiger partial charge in [-0.05, 0) is 44.0 Å². The quantitative estimate of drug-likeness (QED) is 0.885. The highest BCUT2D eigenvalue weighted by atomic mass is 15.3. The summed E-state index contributed by atoms with van der Waals surface area (Å²) in [6.07, 6.45) is 4.63. The minimum absolute atomic E-state index is 0.857. The first kappa shape index (κ1) is 12.9. The zero-order valence-electron chi connectivity index (χ0n) is 11.6. The Morgan fingerprint density at radius 3 is 2.79 bits per heavy atom. The van der Waals surface area contributed by atoms with Gasteiger partial charge in [0.25, 0.3) is 0 Å². The standard InChI is InChI=1S/C15H24N4/c1-2-7-17-15(5-1)19-10-8-18(9-11-19)13-14-4-3-6-16-12-14/h1-2,5,7,14,16H,3-4,6,8-13H2. The Kier molecular flexibility index (Phi) is 4.30. The molecule has 0 amide bonds. The smallest absolute Gasteiger partial charge is 0.128 e. The predicted molar refractivity (Wildman–Crippen MR) is 78.5 cm³/mol. The highest BCUT2D eigenvalue weighted by Crippen LogP contribution is 2.16. The van der Waals surface area contributed by atoms with Crippen LogP contribution in [0.1, 0.15) is 12.8 Å². The average molecular weight is 260 g/mol. The largest absolute Gasteiger partial charge is 0.354 e. The van der Waals surface area contributed by atoms with Crippen molar-refractivity contribution in [3.05, 3.63) is 24.4 Å². The van der Waals surface area contributed by atoms with Crippen molar-refractivity contribution in [3.63, 3.8) is 0 Å². The Bertz CT molecular complexity index is 367. The van der Waals surface area contributed by atoms with E-state index in [0.717, 1.165) is 24.8 Å². The van der Waals surface area contributed by atoms with E-state index in [4.69, 9.17) is 0 Å². The molecule has 0 aliphatic carbocycles. The van der Waals surface area contributed by atoms with Gasteiger partial charge < -0.3 is 10.2 Å². The van der Waals surface area contributed by atoms with Gasteiger partial charge in [0.2, 0.25) is 0 Å². The predicted octanol–water partition coefficient (Wildman–Crippen LogP) is 1.20. The van der Waals surface area contributed by atoms with E-state index in [9.17, 15) is 0 Å². The highest BCUT2D eigenvalue weighted by Gasteiger charge is 2.21. The lowest BCUT2D eigenvalue weighted by Crippen LogP contribution is -2.49. The van der Waals surface area contributed by atoms with Crippen LogP contribution < -0.4 is 10.2 Å². The van der Waals surface area contributed by atoms with Crippen LogP contribution in [0.5, 0.6) is 0 Å². The Hall–Kier alpha value is -1.13. The van der Waals surface area contributed by atoms with E-state index in [1.807, 2.05) is 12.3 Å². The van der Waals surface area contributed by atoms with Crippen molar-refractivity contribution in [3.8, 4) is 0 Å². The number of pyridine rings is 1. The van der Waals surface area contributed by atoms with Gasteiger partial charge in [0, 0.05) is 38.9 Å². The average Bonchev–Trinajstić information content (AvgIpc) is 2.50.